The van der Waals surface area contributed by atoms with Gasteiger partial charge in [-0.2, -0.15) is 11.8 Å². The highest BCUT2D eigenvalue weighted by Crippen LogP contribution is 1.96. The van der Waals surface area contributed by atoms with Gasteiger partial charge < -0.3 is 20.8 Å². The van der Waals surface area contributed by atoms with Gasteiger partial charge in [0.1, 0.15) is 0 Å². The Morgan fingerprint density at radius 1 is 1.44 bits per heavy atom. The van der Waals surface area contributed by atoms with E-state index in [1.165, 1.54) is 0 Å². The second-order valence-electron chi connectivity index (χ2n) is 2.85. The van der Waals surface area contributed by atoms with Crippen molar-refractivity contribution in [2.24, 2.45) is 0 Å². The van der Waals surface area contributed by atoms with Crippen LogP contribution < -0.4 is 10.6 Å². The number of amides is 2. The molecule has 0 saturated carbocycles. The van der Waals surface area contributed by atoms with Crippen molar-refractivity contribution >= 4 is 23.8 Å². The van der Waals surface area contributed by atoms with Crippen LogP contribution in [0.4, 0.5) is 4.79 Å². The quantitative estimate of drug-likeness (QED) is 0.348. The lowest BCUT2D eigenvalue weighted by molar-refractivity contribution is -0.146. The number of hydrogen-bond donors (Lipinski definition) is 4. The van der Waals surface area contributed by atoms with E-state index in [4.69, 9.17) is 10.2 Å². The summed E-state index contributed by atoms with van der Waals surface area (Å²) in [5.74, 6) is 0.212. The summed E-state index contributed by atoms with van der Waals surface area (Å²) in [4.78, 5) is 21.3. The number of hydrogen-bond acceptors (Lipinski definition) is 4. The van der Waals surface area contributed by atoms with Crippen LogP contribution in [0.25, 0.3) is 0 Å². The summed E-state index contributed by atoms with van der Waals surface area (Å²) in [5, 5.41) is 22.0. The maximum atomic E-state index is 11.0. The number of aliphatic hydroxyl groups excluding tert-OH is 1. The first kappa shape index (κ1) is 14.8. The van der Waals surface area contributed by atoms with Crippen LogP contribution in [-0.2, 0) is 4.79 Å². The van der Waals surface area contributed by atoms with Crippen molar-refractivity contribution in [3.8, 4) is 0 Å². The fraction of sp³-hybridized carbons (Fsp3) is 0.556. The Morgan fingerprint density at radius 3 is 2.69 bits per heavy atom. The Labute approximate surface area is 98.1 Å². The molecule has 0 rings (SSSR count). The SMILES string of the molecule is C=CCSCCNC(=O)NC[C@H](O)C(=O)O. The second-order valence-corrected chi connectivity index (χ2v) is 4.00. The Balaban J connectivity index is 3.44. The van der Waals surface area contributed by atoms with E-state index in [0.717, 1.165) is 11.5 Å². The van der Waals surface area contributed by atoms with E-state index in [9.17, 15) is 9.59 Å². The van der Waals surface area contributed by atoms with Crippen molar-refractivity contribution in [3.05, 3.63) is 12.7 Å². The number of aliphatic hydroxyl groups is 1. The molecule has 7 heteroatoms. The van der Waals surface area contributed by atoms with Gasteiger partial charge in [0, 0.05) is 18.1 Å². The van der Waals surface area contributed by atoms with Gasteiger partial charge in [-0.1, -0.05) is 6.08 Å². The molecule has 0 heterocycles. The number of urea groups is 1. The smallest absolute Gasteiger partial charge is 0.334 e. The maximum Gasteiger partial charge on any atom is 0.334 e. The van der Waals surface area contributed by atoms with Crippen LogP contribution in [0.1, 0.15) is 0 Å². The molecule has 0 bridgehead atoms. The summed E-state index contributed by atoms with van der Waals surface area (Å²) in [5.41, 5.74) is 0. The number of carbonyl (C=O) groups is 2. The van der Waals surface area contributed by atoms with Gasteiger partial charge in [-0.15, -0.1) is 6.58 Å². The molecule has 0 unspecified atom stereocenters. The van der Waals surface area contributed by atoms with Crippen LogP contribution in [0.2, 0.25) is 0 Å². The predicted octanol–water partition coefficient (Wildman–Crippen LogP) is -0.350. The molecule has 0 aliphatic carbocycles. The van der Waals surface area contributed by atoms with E-state index < -0.39 is 18.1 Å². The summed E-state index contributed by atoms with van der Waals surface area (Å²) < 4.78 is 0. The van der Waals surface area contributed by atoms with Gasteiger partial charge in [0.05, 0.1) is 6.54 Å². The lowest BCUT2D eigenvalue weighted by atomic mass is 10.4. The number of nitrogens with one attached hydrogen (secondary N) is 2. The van der Waals surface area contributed by atoms with Crippen molar-refractivity contribution in [3.63, 3.8) is 0 Å². The lowest BCUT2D eigenvalue weighted by Crippen LogP contribution is -2.42. The van der Waals surface area contributed by atoms with Crippen LogP contribution in [0.3, 0.4) is 0 Å². The first-order valence-electron chi connectivity index (χ1n) is 4.69. The molecule has 0 fully saturated rings. The molecule has 0 aromatic heterocycles. The topological polar surface area (TPSA) is 98.7 Å². The molecule has 0 radical (unpaired) electrons. The number of carboxylic acids is 1. The molecule has 2 amide bonds. The first-order chi connectivity index (χ1) is 7.57. The van der Waals surface area contributed by atoms with Crippen LogP contribution in [0.15, 0.2) is 12.7 Å². The summed E-state index contributed by atoms with van der Waals surface area (Å²) >= 11 is 1.62. The van der Waals surface area contributed by atoms with Crippen LogP contribution in [0.5, 0.6) is 0 Å². The van der Waals surface area contributed by atoms with E-state index in [1.54, 1.807) is 17.8 Å². The Morgan fingerprint density at radius 2 is 2.12 bits per heavy atom. The highest BCUT2D eigenvalue weighted by molar-refractivity contribution is 7.99. The van der Waals surface area contributed by atoms with Gasteiger partial charge in [0.25, 0.3) is 0 Å². The standard InChI is InChI=1S/C9H16N2O4S/c1-2-4-16-5-3-10-9(15)11-6-7(12)8(13)14/h2,7,12H,1,3-6H2,(H,13,14)(H2,10,11,15)/t7-/m0/s1. The van der Waals surface area contributed by atoms with E-state index in [0.29, 0.717) is 6.54 Å². The third-order valence-corrected chi connectivity index (χ3v) is 2.47. The molecule has 16 heavy (non-hydrogen) atoms. The molecule has 0 aromatic rings. The molecule has 92 valence electrons. The molecule has 6 nitrogen and oxygen atoms in total. The highest BCUT2D eigenvalue weighted by Gasteiger charge is 2.13. The third-order valence-electron chi connectivity index (χ3n) is 1.51. The van der Waals surface area contributed by atoms with Crippen LogP contribution in [0, 0.1) is 0 Å². The molecule has 0 aliphatic heterocycles. The minimum atomic E-state index is -1.57. The zero-order valence-corrected chi connectivity index (χ0v) is 9.63. The van der Waals surface area contributed by atoms with E-state index in [1.807, 2.05) is 0 Å². The number of rotatable bonds is 8. The second kappa shape index (κ2) is 9.05. The van der Waals surface area contributed by atoms with E-state index >= 15 is 0 Å². The third kappa shape index (κ3) is 8.13. The largest absolute Gasteiger partial charge is 0.479 e. The number of thioether (sulfide) groups is 1. The van der Waals surface area contributed by atoms with Gasteiger partial charge in [-0.3, -0.25) is 0 Å². The van der Waals surface area contributed by atoms with E-state index in [-0.39, 0.29) is 6.54 Å². The molecular formula is C9H16N2O4S. The van der Waals surface area contributed by atoms with Crippen molar-refractivity contribution in [2.75, 3.05) is 24.6 Å². The summed E-state index contributed by atoms with van der Waals surface area (Å²) in [7, 11) is 0. The fourth-order valence-corrected chi connectivity index (χ4v) is 1.32. The Kier molecular flexibility index (Phi) is 8.36. The molecule has 1 atom stereocenters. The number of carbonyl (C=O) groups excluding carboxylic acids is 1. The van der Waals surface area contributed by atoms with Gasteiger partial charge in [-0.25, -0.2) is 9.59 Å². The van der Waals surface area contributed by atoms with Crippen LogP contribution >= 0.6 is 11.8 Å². The molecule has 0 aliphatic rings. The summed E-state index contributed by atoms with van der Waals surface area (Å²) in [6, 6.07) is -0.487. The normalized spacial score (nSPS) is 11.6. The van der Waals surface area contributed by atoms with Gasteiger partial charge >= 0.3 is 12.0 Å². The van der Waals surface area contributed by atoms with Gasteiger partial charge in [-0.05, 0) is 0 Å². The zero-order valence-electron chi connectivity index (χ0n) is 8.81. The average molecular weight is 248 g/mol. The number of aliphatic carboxylic acids is 1. The summed E-state index contributed by atoms with van der Waals surface area (Å²) in [6.45, 7) is 3.73. The van der Waals surface area contributed by atoms with Crippen molar-refractivity contribution in [1.82, 2.24) is 10.6 Å². The van der Waals surface area contributed by atoms with Crippen molar-refractivity contribution < 1.29 is 19.8 Å². The number of carboxylic acid groups (broad SMARTS) is 1. The predicted molar refractivity (Wildman–Crippen MR) is 62.6 cm³/mol. The van der Waals surface area contributed by atoms with Gasteiger partial charge in [0.2, 0.25) is 0 Å². The molecular weight excluding hydrogens is 232 g/mol. The first-order valence-corrected chi connectivity index (χ1v) is 5.84. The van der Waals surface area contributed by atoms with Crippen molar-refractivity contribution in [1.29, 1.82) is 0 Å². The maximum absolute atomic E-state index is 11.0. The Bertz CT molecular complexity index is 248. The lowest BCUT2D eigenvalue weighted by Gasteiger charge is -2.08. The fourth-order valence-electron chi connectivity index (χ4n) is 0.743. The Hall–Kier alpha value is -1.21. The van der Waals surface area contributed by atoms with Crippen molar-refractivity contribution in [2.45, 2.75) is 6.10 Å². The molecule has 0 aromatic carbocycles. The average Bonchev–Trinajstić information content (AvgIpc) is 2.25. The van der Waals surface area contributed by atoms with E-state index in [2.05, 4.69) is 17.2 Å². The minimum absolute atomic E-state index is 0.305. The van der Waals surface area contributed by atoms with Crippen LogP contribution in [-0.4, -0.2) is 52.9 Å². The molecule has 0 saturated heterocycles. The minimum Gasteiger partial charge on any atom is -0.479 e. The van der Waals surface area contributed by atoms with Gasteiger partial charge in [0.15, 0.2) is 6.10 Å². The monoisotopic (exact) mass is 248 g/mol. The summed E-state index contributed by atoms with van der Waals surface area (Å²) in [6.07, 6.45) is 0.203. The zero-order chi connectivity index (χ0) is 12.4. The highest BCUT2D eigenvalue weighted by atomic mass is 32.2. The molecule has 0 spiro atoms. The molecule has 4 N–H and O–H groups in total.